The number of rotatable bonds is 5. The van der Waals surface area contributed by atoms with Crippen molar-refractivity contribution < 1.29 is 9.90 Å². The molecule has 2 heteroatoms. The number of hydrogen-bond acceptors (Lipinski definition) is 2. The Morgan fingerprint density at radius 1 is 1.36 bits per heavy atom. The summed E-state index contributed by atoms with van der Waals surface area (Å²) in [5.74, 6) is 1.59. The number of allylic oxidation sites excluding steroid dienone is 1. The van der Waals surface area contributed by atoms with Gasteiger partial charge in [-0.25, -0.2) is 0 Å². The van der Waals surface area contributed by atoms with Crippen molar-refractivity contribution in [3.05, 3.63) is 12.2 Å². The van der Waals surface area contributed by atoms with Crippen molar-refractivity contribution in [2.24, 2.45) is 28.6 Å². The minimum absolute atomic E-state index is 0.000360. The summed E-state index contributed by atoms with van der Waals surface area (Å²) < 4.78 is 0. The molecule has 5 unspecified atom stereocenters. The first kappa shape index (κ1) is 17.7. The van der Waals surface area contributed by atoms with Gasteiger partial charge >= 0.3 is 0 Å². The molecule has 0 spiro atoms. The van der Waals surface area contributed by atoms with Gasteiger partial charge in [-0.2, -0.15) is 0 Å². The molecule has 1 N–H and O–H groups in total. The Balaban J connectivity index is 2.17. The standard InChI is InChI=1S/C20H34O2/c1-14(11-13-21)6-8-16-15(2)7-9-17-19(3,4)18(22)10-12-20(16,17)5/h13-14,16-18,22H,2,6-12H2,1,3-5H3. The number of aliphatic hydroxyl groups excluding tert-OH is 1. The largest absolute Gasteiger partial charge is 0.393 e. The first-order chi connectivity index (χ1) is 10.2. The van der Waals surface area contributed by atoms with Crippen molar-refractivity contribution in [2.75, 3.05) is 0 Å². The van der Waals surface area contributed by atoms with Crippen molar-refractivity contribution in [1.82, 2.24) is 0 Å². The smallest absolute Gasteiger partial charge is 0.120 e. The van der Waals surface area contributed by atoms with Crippen LogP contribution < -0.4 is 0 Å². The average molecular weight is 306 g/mol. The lowest BCUT2D eigenvalue weighted by molar-refractivity contribution is -0.125. The van der Waals surface area contributed by atoms with Gasteiger partial charge in [0.2, 0.25) is 0 Å². The summed E-state index contributed by atoms with van der Waals surface area (Å²) in [6.45, 7) is 13.5. The predicted molar refractivity (Wildman–Crippen MR) is 91.6 cm³/mol. The van der Waals surface area contributed by atoms with E-state index in [1.165, 1.54) is 12.0 Å². The Kier molecular flexibility index (Phi) is 5.21. The maximum atomic E-state index is 10.7. The Hall–Kier alpha value is -0.630. The van der Waals surface area contributed by atoms with Gasteiger partial charge in [0.25, 0.3) is 0 Å². The van der Waals surface area contributed by atoms with Crippen LogP contribution in [0.4, 0.5) is 0 Å². The third kappa shape index (κ3) is 3.04. The summed E-state index contributed by atoms with van der Waals surface area (Å²) >= 11 is 0. The molecule has 2 rings (SSSR count). The molecule has 2 aliphatic carbocycles. The zero-order chi connectivity index (χ0) is 16.5. The van der Waals surface area contributed by atoms with E-state index in [0.29, 0.717) is 24.2 Å². The quantitative estimate of drug-likeness (QED) is 0.587. The second-order valence-corrected chi connectivity index (χ2v) is 8.77. The Morgan fingerprint density at radius 2 is 2.05 bits per heavy atom. The summed E-state index contributed by atoms with van der Waals surface area (Å²) in [5.41, 5.74) is 1.67. The van der Waals surface area contributed by atoms with Crippen LogP contribution in [0.1, 0.15) is 72.6 Å². The predicted octanol–water partition coefficient (Wildman–Crippen LogP) is 4.76. The highest BCUT2D eigenvalue weighted by atomic mass is 16.3. The molecule has 0 heterocycles. The highest BCUT2D eigenvalue weighted by Gasteiger charge is 2.55. The van der Waals surface area contributed by atoms with Crippen LogP contribution in [0.15, 0.2) is 12.2 Å². The first-order valence-electron chi connectivity index (χ1n) is 9.02. The van der Waals surface area contributed by atoms with Crippen LogP contribution in [-0.4, -0.2) is 17.5 Å². The van der Waals surface area contributed by atoms with Crippen LogP contribution >= 0.6 is 0 Å². The molecule has 2 fully saturated rings. The molecule has 0 amide bonds. The van der Waals surface area contributed by atoms with Crippen LogP contribution in [0.2, 0.25) is 0 Å². The molecule has 5 atom stereocenters. The third-order valence-corrected chi connectivity index (χ3v) is 7.00. The SMILES string of the molecule is C=C1CCC2C(C)(C)C(O)CCC2(C)C1CCC(C)CC=O. The average Bonchev–Trinajstić information content (AvgIpc) is 2.43. The lowest BCUT2D eigenvalue weighted by atomic mass is 9.46. The zero-order valence-electron chi connectivity index (χ0n) is 14.9. The van der Waals surface area contributed by atoms with Gasteiger partial charge in [-0.05, 0) is 67.1 Å². The summed E-state index contributed by atoms with van der Waals surface area (Å²) in [4.78, 5) is 10.7. The number of fused-ring (bicyclic) bond motifs is 1. The van der Waals surface area contributed by atoms with Gasteiger partial charge in [0.15, 0.2) is 0 Å². The summed E-state index contributed by atoms with van der Waals surface area (Å²) in [6, 6.07) is 0. The van der Waals surface area contributed by atoms with E-state index in [1.54, 1.807) is 0 Å². The van der Waals surface area contributed by atoms with Crippen molar-refractivity contribution >= 4 is 6.29 Å². The molecule has 0 aliphatic heterocycles. The molecule has 0 saturated heterocycles. The summed E-state index contributed by atoms with van der Waals surface area (Å²) in [6.07, 6.45) is 8.08. The molecule has 126 valence electrons. The number of carbonyl (C=O) groups excluding carboxylic acids is 1. The normalized spacial score (nSPS) is 39.1. The van der Waals surface area contributed by atoms with E-state index in [2.05, 4.69) is 34.3 Å². The second kappa shape index (κ2) is 6.47. The summed E-state index contributed by atoms with van der Waals surface area (Å²) in [5, 5.41) is 10.5. The molecule has 2 aliphatic rings. The van der Waals surface area contributed by atoms with E-state index >= 15 is 0 Å². The number of hydrogen-bond donors (Lipinski definition) is 1. The van der Waals surface area contributed by atoms with E-state index in [4.69, 9.17) is 0 Å². The molecule has 22 heavy (non-hydrogen) atoms. The highest BCUT2D eigenvalue weighted by Crippen LogP contribution is 2.61. The molecular formula is C20H34O2. The highest BCUT2D eigenvalue weighted by molar-refractivity contribution is 5.49. The minimum Gasteiger partial charge on any atom is -0.393 e. The monoisotopic (exact) mass is 306 g/mol. The van der Waals surface area contributed by atoms with Crippen LogP contribution in [0.3, 0.4) is 0 Å². The van der Waals surface area contributed by atoms with E-state index in [0.717, 1.165) is 38.4 Å². The molecule has 0 aromatic heterocycles. The van der Waals surface area contributed by atoms with Crippen LogP contribution in [0, 0.1) is 28.6 Å². The van der Waals surface area contributed by atoms with Gasteiger partial charge in [0.05, 0.1) is 6.10 Å². The Morgan fingerprint density at radius 3 is 2.68 bits per heavy atom. The third-order valence-electron chi connectivity index (χ3n) is 7.00. The minimum atomic E-state index is -0.174. The maximum Gasteiger partial charge on any atom is 0.120 e. The Bertz CT molecular complexity index is 425. The molecule has 0 aromatic rings. The van der Waals surface area contributed by atoms with Crippen LogP contribution in [0.5, 0.6) is 0 Å². The molecular weight excluding hydrogens is 272 g/mol. The number of aliphatic hydroxyl groups is 1. The Labute approximate surface area is 136 Å². The van der Waals surface area contributed by atoms with Crippen molar-refractivity contribution in [3.8, 4) is 0 Å². The molecule has 2 nitrogen and oxygen atoms in total. The lowest BCUT2D eigenvalue weighted by Gasteiger charge is -2.59. The van der Waals surface area contributed by atoms with E-state index < -0.39 is 0 Å². The summed E-state index contributed by atoms with van der Waals surface area (Å²) in [7, 11) is 0. The van der Waals surface area contributed by atoms with Crippen LogP contribution in [-0.2, 0) is 4.79 Å². The van der Waals surface area contributed by atoms with Gasteiger partial charge in [-0.15, -0.1) is 0 Å². The van der Waals surface area contributed by atoms with Gasteiger partial charge in [-0.1, -0.05) is 39.8 Å². The maximum absolute atomic E-state index is 10.7. The van der Waals surface area contributed by atoms with E-state index in [9.17, 15) is 9.90 Å². The first-order valence-corrected chi connectivity index (χ1v) is 9.02. The fourth-order valence-corrected chi connectivity index (χ4v) is 5.43. The topological polar surface area (TPSA) is 37.3 Å². The van der Waals surface area contributed by atoms with E-state index in [1.807, 2.05) is 0 Å². The molecule has 2 saturated carbocycles. The van der Waals surface area contributed by atoms with Gasteiger partial charge in [-0.3, -0.25) is 0 Å². The van der Waals surface area contributed by atoms with Crippen molar-refractivity contribution in [1.29, 1.82) is 0 Å². The lowest BCUT2D eigenvalue weighted by Crippen LogP contribution is -2.54. The van der Waals surface area contributed by atoms with Gasteiger partial charge in [0.1, 0.15) is 6.29 Å². The van der Waals surface area contributed by atoms with Gasteiger partial charge in [0, 0.05) is 6.42 Å². The fourth-order valence-electron chi connectivity index (χ4n) is 5.43. The molecule has 0 aromatic carbocycles. The molecule has 0 radical (unpaired) electrons. The van der Waals surface area contributed by atoms with E-state index in [-0.39, 0.29) is 16.9 Å². The molecule has 0 bridgehead atoms. The van der Waals surface area contributed by atoms with Crippen LogP contribution in [0.25, 0.3) is 0 Å². The number of aldehydes is 1. The number of carbonyl (C=O) groups is 1. The van der Waals surface area contributed by atoms with Gasteiger partial charge < -0.3 is 9.90 Å². The fraction of sp³-hybridized carbons (Fsp3) is 0.850. The van der Waals surface area contributed by atoms with Crippen molar-refractivity contribution in [3.63, 3.8) is 0 Å². The zero-order valence-corrected chi connectivity index (χ0v) is 14.9. The van der Waals surface area contributed by atoms with Crippen molar-refractivity contribution in [2.45, 2.75) is 78.7 Å². The second-order valence-electron chi connectivity index (χ2n) is 8.77.